The zero-order valence-corrected chi connectivity index (χ0v) is 15.8. The highest BCUT2D eigenvalue weighted by molar-refractivity contribution is 7.89. The molecule has 0 radical (unpaired) electrons. The van der Waals surface area contributed by atoms with E-state index in [0.717, 1.165) is 37.9 Å². The van der Waals surface area contributed by atoms with Crippen molar-refractivity contribution in [1.82, 2.24) is 5.32 Å². The van der Waals surface area contributed by atoms with Crippen LogP contribution in [0.1, 0.15) is 37.0 Å². The number of anilines is 1. The van der Waals surface area contributed by atoms with Crippen LogP contribution >= 0.6 is 12.4 Å². The fourth-order valence-corrected chi connectivity index (χ4v) is 2.53. The van der Waals surface area contributed by atoms with Crippen LogP contribution in [0.15, 0.2) is 28.7 Å². The Morgan fingerprint density at radius 3 is 2.08 bits per heavy atom. The van der Waals surface area contributed by atoms with Crippen LogP contribution in [-0.4, -0.2) is 39.6 Å². The standard InChI is InChI=1S/C15H24N4O3S.ClH/c1-4-10-19(11-5-2)13-8-6-12(7-9-13)14(20)17-15(16)18-23(3,21)22;/h6-9H,4-5,10-11H2,1-3H3,(H3,16,17,18,20);1H. The number of benzene rings is 1. The van der Waals surface area contributed by atoms with E-state index in [-0.39, 0.29) is 12.4 Å². The summed E-state index contributed by atoms with van der Waals surface area (Å²) in [6.45, 7) is 6.14. The van der Waals surface area contributed by atoms with E-state index < -0.39 is 21.9 Å². The minimum atomic E-state index is -3.64. The number of nitrogens with zero attached hydrogens (tertiary/aromatic N) is 2. The minimum absolute atomic E-state index is 0. The van der Waals surface area contributed by atoms with Gasteiger partial charge >= 0.3 is 0 Å². The Labute approximate surface area is 149 Å². The van der Waals surface area contributed by atoms with Gasteiger partial charge < -0.3 is 10.6 Å². The number of hydrogen-bond donors (Lipinski definition) is 2. The van der Waals surface area contributed by atoms with Crippen molar-refractivity contribution >= 4 is 40.0 Å². The fraction of sp³-hybridized carbons (Fsp3) is 0.467. The molecule has 0 fully saturated rings. The molecule has 1 amide bonds. The second-order valence-electron chi connectivity index (χ2n) is 5.20. The predicted octanol–water partition coefficient (Wildman–Crippen LogP) is 1.74. The van der Waals surface area contributed by atoms with Gasteiger partial charge in [0, 0.05) is 24.3 Å². The van der Waals surface area contributed by atoms with Crippen molar-refractivity contribution < 1.29 is 13.2 Å². The Morgan fingerprint density at radius 1 is 1.17 bits per heavy atom. The maximum absolute atomic E-state index is 12.0. The second kappa shape index (κ2) is 10.1. The highest BCUT2D eigenvalue weighted by atomic mass is 35.5. The molecule has 3 N–H and O–H groups in total. The van der Waals surface area contributed by atoms with E-state index in [2.05, 4.69) is 28.5 Å². The summed E-state index contributed by atoms with van der Waals surface area (Å²) >= 11 is 0. The molecule has 7 nitrogen and oxygen atoms in total. The van der Waals surface area contributed by atoms with Crippen LogP contribution < -0.4 is 16.0 Å². The van der Waals surface area contributed by atoms with Gasteiger partial charge in [-0.15, -0.1) is 16.8 Å². The molecule has 24 heavy (non-hydrogen) atoms. The molecule has 1 rings (SSSR count). The molecule has 0 saturated heterocycles. The van der Waals surface area contributed by atoms with Gasteiger partial charge in [0.1, 0.15) is 0 Å². The molecular formula is C15H25ClN4O3S. The first kappa shape index (κ1) is 22.2. The molecule has 1 aromatic carbocycles. The Balaban J connectivity index is 0.00000529. The Kier molecular flexibility index (Phi) is 9.38. The van der Waals surface area contributed by atoms with E-state index in [1.54, 1.807) is 12.1 Å². The van der Waals surface area contributed by atoms with Crippen LogP contribution in [0.2, 0.25) is 0 Å². The summed E-state index contributed by atoms with van der Waals surface area (Å²) in [7, 11) is -3.64. The lowest BCUT2D eigenvalue weighted by Crippen LogP contribution is -2.37. The van der Waals surface area contributed by atoms with Gasteiger partial charge in [0.2, 0.25) is 5.96 Å². The average Bonchev–Trinajstić information content (AvgIpc) is 2.45. The molecule has 0 saturated carbocycles. The zero-order chi connectivity index (χ0) is 17.5. The topological polar surface area (TPSA) is 105 Å². The lowest BCUT2D eigenvalue weighted by Gasteiger charge is -2.23. The summed E-state index contributed by atoms with van der Waals surface area (Å²) < 4.78 is 25.2. The van der Waals surface area contributed by atoms with E-state index in [1.165, 1.54) is 0 Å². The minimum Gasteiger partial charge on any atom is -0.372 e. The number of nitrogens with two attached hydrogens (primary N) is 1. The van der Waals surface area contributed by atoms with Gasteiger partial charge in [-0.25, -0.2) is 8.42 Å². The van der Waals surface area contributed by atoms with Crippen LogP contribution in [0.25, 0.3) is 0 Å². The van der Waals surface area contributed by atoms with Crippen LogP contribution in [0.4, 0.5) is 5.69 Å². The van der Waals surface area contributed by atoms with Crippen molar-refractivity contribution in [2.75, 3.05) is 24.2 Å². The molecule has 136 valence electrons. The summed E-state index contributed by atoms with van der Waals surface area (Å²) in [6, 6.07) is 7.09. The summed E-state index contributed by atoms with van der Waals surface area (Å²) in [4.78, 5) is 14.2. The lowest BCUT2D eigenvalue weighted by atomic mass is 10.1. The van der Waals surface area contributed by atoms with Crippen molar-refractivity contribution in [3.8, 4) is 0 Å². The van der Waals surface area contributed by atoms with Crippen LogP contribution in [-0.2, 0) is 10.0 Å². The number of carbonyl (C=O) groups excluding carboxylic acids is 1. The molecule has 1 aromatic rings. The van der Waals surface area contributed by atoms with E-state index in [0.29, 0.717) is 5.56 Å². The summed E-state index contributed by atoms with van der Waals surface area (Å²) in [5.74, 6) is -0.945. The summed E-state index contributed by atoms with van der Waals surface area (Å²) in [5, 5.41) is 2.25. The first-order valence-corrected chi connectivity index (χ1v) is 9.33. The number of hydrogen-bond acceptors (Lipinski definition) is 4. The van der Waals surface area contributed by atoms with Gasteiger partial charge in [0.05, 0.1) is 6.26 Å². The molecule has 0 unspecified atom stereocenters. The molecule has 0 aliphatic rings. The Morgan fingerprint density at radius 2 is 1.67 bits per heavy atom. The normalized spacial score (nSPS) is 11.5. The third-order valence-corrected chi connectivity index (χ3v) is 3.52. The number of rotatable bonds is 7. The SMILES string of the molecule is CCCN(CCC)c1ccc(C(=O)N/C(N)=N\S(C)(=O)=O)cc1.Cl. The molecular weight excluding hydrogens is 352 g/mol. The molecule has 0 aliphatic carbocycles. The third-order valence-electron chi connectivity index (χ3n) is 2.99. The smallest absolute Gasteiger partial charge is 0.257 e. The summed E-state index contributed by atoms with van der Waals surface area (Å²) in [5.41, 5.74) is 6.81. The van der Waals surface area contributed by atoms with Gasteiger partial charge in [-0.3, -0.25) is 10.1 Å². The van der Waals surface area contributed by atoms with Gasteiger partial charge in [-0.2, -0.15) is 0 Å². The number of nitrogens with one attached hydrogen (secondary N) is 1. The number of halogens is 1. The third kappa shape index (κ3) is 7.65. The molecule has 0 spiro atoms. The first-order chi connectivity index (χ1) is 10.8. The number of carbonyl (C=O) groups is 1. The van der Waals surface area contributed by atoms with Crippen LogP contribution in [0.3, 0.4) is 0 Å². The van der Waals surface area contributed by atoms with E-state index in [1.807, 2.05) is 12.1 Å². The number of guanidine groups is 1. The van der Waals surface area contributed by atoms with Crippen molar-refractivity contribution in [1.29, 1.82) is 0 Å². The molecule has 0 bridgehead atoms. The van der Waals surface area contributed by atoms with E-state index >= 15 is 0 Å². The molecule has 0 atom stereocenters. The largest absolute Gasteiger partial charge is 0.372 e. The van der Waals surface area contributed by atoms with Crippen molar-refractivity contribution in [3.05, 3.63) is 29.8 Å². The summed E-state index contributed by atoms with van der Waals surface area (Å²) in [6.07, 6.45) is 2.98. The quantitative estimate of drug-likeness (QED) is 0.557. The van der Waals surface area contributed by atoms with Crippen molar-refractivity contribution in [3.63, 3.8) is 0 Å². The molecule has 0 aliphatic heterocycles. The first-order valence-electron chi connectivity index (χ1n) is 7.48. The van der Waals surface area contributed by atoms with Crippen molar-refractivity contribution in [2.45, 2.75) is 26.7 Å². The van der Waals surface area contributed by atoms with Gasteiger partial charge in [0.25, 0.3) is 15.9 Å². The highest BCUT2D eigenvalue weighted by Crippen LogP contribution is 2.16. The van der Waals surface area contributed by atoms with Crippen LogP contribution in [0.5, 0.6) is 0 Å². The lowest BCUT2D eigenvalue weighted by molar-refractivity contribution is 0.0977. The molecule has 0 aromatic heterocycles. The van der Waals surface area contributed by atoms with E-state index in [9.17, 15) is 13.2 Å². The average molecular weight is 377 g/mol. The maximum atomic E-state index is 12.0. The zero-order valence-electron chi connectivity index (χ0n) is 14.2. The maximum Gasteiger partial charge on any atom is 0.257 e. The van der Waals surface area contributed by atoms with Crippen molar-refractivity contribution in [2.24, 2.45) is 10.1 Å². The molecule has 9 heteroatoms. The Hall–Kier alpha value is -1.80. The highest BCUT2D eigenvalue weighted by Gasteiger charge is 2.10. The van der Waals surface area contributed by atoms with Gasteiger partial charge in [-0.05, 0) is 37.1 Å². The van der Waals surface area contributed by atoms with Gasteiger partial charge in [0.15, 0.2) is 0 Å². The second-order valence-corrected chi connectivity index (χ2v) is 6.85. The monoisotopic (exact) mass is 376 g/mol. The fourth-order valence-electron chi connectivity index (χ4n) is 2.12. The predicted molar refractivity (Wildman–Crippen MR) is 100 cm³/mol. The number of amides is 1. The number of sulfonamides is 1. The Bertz CT molecular complexity index is 654. The van der Waals surface area contributed by atoms with Crippen LogP contribution in [0, 0.1) is 0 Å². The van der Waals surface area contributed by atoms with E-state index in [4.69, 9.17) is 5.73 Å². The molecule has 0 heterocycles. The van der Waals surface area contributed by atoms with Gasteiger partial charge in [-0.1, -0.05) is 13.8 Å².